The van der Waals surface area contributed by atoms with Gasteiger partial charge in [0, 0.05) is 0 Å². The zero-order chi connectivity index (χ0) is 27.1. The van der Waals surface area contributed by atoms with Gasteiger partial charge in [0.05, 0.1) is 0 Å². The second-order valence-corrected chi connectivity index (χ2v) is 13.4. The summed E-state index contributed by atoms with van der Waals surface area (Å²) in [6.45, 7) is 30.4. The average Bonchev–Trinajstić information content (AvgIpc) is 2.26. The summed E-state index contributed by atoms with van der Waals surface area (Å²) >= 11 is 0. The van der Waals surface area contributed by atoms with E-state index in [1.165, 1.54) is 0 Å². The first-order chi connectivity index (χ1) is 13.7. The quantitative estimate of drug-likeness (QED) is 0.476. The maximum absolute atomic E-state index is 10.9. The third-order valence-electron chi connectivity index (χ3n) is 3.60. The predicted molar refractivity (Wildman–Crippen MR) is 140 cm³/mol. The first-order valence-corrected chi connectivity index (χ1v) is 12.5. The maximum atomic E-state index is 10.9. The van der Waals surface area contributed by atoms with E-state index in [0.29, 0.717) is 23.7 Å². The molecule has 0 aromatic heterocycles. The van der Waals surface area contributed by atoms with E-state index < -0.39 is 22.4 Å². The number of rotatable bonds is 8. The van der Waals surface area contributed by atoms with Crippen LogP contribution in [0.5, 0.6) is 0 Å². The Labute approximate surface area is 214 Å². The molecule has 5 heteroatoms. The van der Waals surface area contributed by atoms with Crippen molar-refractivity contribution in [2.45, 2.75) is 159 Å². The first kappa shape index (κ1) is 43.2. The van der Waals surface area contributed by atoms with E-state index in [-0.39, 0.29) is 11.0 Å². The van der Waals surface area contributed by atoms with Gasteiger partial charge in [0.2, 0.25) is 0 Å². The Hall–Kier alpha value is 0.0569. The molecule has 0 N–H and O–H groups in total. The van der Waals surface area contributed by atoms with Gasteiger partial charge in [-0.15, -0.1) is 22.4 Å². The Kier molecular flexibility index (Phi) is 25.2. The van der Waals surface area contributed by atoms with E-state index in [9.17, 15) is 20.4 Å². The van der Waals surface area contributed by atoms with Gasteiger partial charge in [-0.2, -0.15) is 0 Å². The molecule has 0 atom stereocenters. The second-order valence-electron chi connectivity index (χ2n) is 13.4. The van der Waals surface area contributed by atoms with Gasteiger partial charge in [-0.05, 0) is 23.7 Å². The zero-order valence-corrected chi connectivity index (χ0v) is 26.3. The Morgan fingerprint density at radius 3 is 0.455 bits per heavy atom. The fourth-order valence-electron chi connectivity index (χ4n) is 3.93. The number of hydrogen-bond donors (Lipinski definition) is 0. The van der Waals surface area contributed by atoms with E-state index in [2.05, 4.69) is 55.4 Å². The van der Waals surface area contributed by atoms with Gasteiger partial charge in [-0.3, -0.25) is 0 Å². The third-order valence-corrected chi connectivity index (χ3v) is 3.60. The van der Waals surface area contributed by atoms with Crippen LogP contribution in [0.2, 0.25) is 0 Å². The Morgan fingerprint density at radius 1 is 0.364 bits per heavy atom. The van der Waals surface area contributed by atoms with Gasteiger partial charge in [0.1, 0.15) is 0 Å². The molecule has 4 nitrogen and oxygen atoms in total. The molecule has 0 aliphatic heterocycles. The molecule has 0 unspecified atom stereocenters. The molecule has 0 aromatic rings. The zero-order valence-electron chi connectivity index (χ0n) is 25.3. The van der Waals surface area contributed by atoms with Crippen LogP contribution in [-0.2, 0) is 0 Å². The van der Waals surface area contributed by atoms with Gasteiger partial charge in [-0.1, -0.05) is 136 Å². The molecule has 33 heavy (non-hydrogen) atoms. The van der Waals surface area contributed by atoms with E-state index >= 15 is 0 Å². The van der Waals surface area contributed by atoms with E-state index in [0.717, 1.165) is 25.7 Å². The summed E-state index contributed by atoms with van der Waals surface area (Å²) < 4.78 is 0. The molecule has 0 fully saturated rings. The first-order valence-electron chi connectivity index (χ1n) is 12.5. The smallest absolute Gasteiger partial charge is 0.850 e. The summed E-state index contributed by atoms with van der Waals surface area (Å²) in [7, 11) is 0. The summed E-state index contributed by atoms with van der Waals surface area (Å²) in [4.78, 5) is 0. The summed E-state index contributed by atoms with van der Waals surface area (Å²) in [5, 5.41) is 43.7. The van der Waals surface area contributed by atoms with Crippen molar-refractivity contribution in [2.75, 3.05) is 0 Å². The molecule has 0 heterocycles. The van der Waals surface area contributed by atoms with Crippen LogP contribution in [0.3, 0.4) is 0 Å². The topological polar surface area (TPSA) is 92.2 Å². The second kappa shape index (κ2) is 19.3. The molecule has 0 rings (SSSR count). The Balaban J connectivity index is -0.000000105. The minimum atomic E-state index is -0.728. The summed E-state index contributed by atoms with van der Waals surface area (Å²) in [5.74, 6) is 2.12. The summed E-state index contributed by atoms with van der Waals surface area (Å²) in [6, 6.07) is 0. The largest absolute Gasteiger partial charge is 4.00 e. The third kappa shape index (κ3) is 72.0. The molecule has 0 amide bonds. The van der Waals surface area contributed by atoms with Crippen LogP contribution in [0, 0.1) is 23.7 Å². The minimum absolute atomic E-state index is 0. The van der Waals surface area contributed by atoms with Crippen LogP contribution in [0.25, 0.3) is 0 Å². The van der Waals surface area contributed by atoms with E-state index in [4.69, 9.17) is 0 Å². The van der Waals surface area contributed by atoms with Gasteiger partial charge in [0.25, 0.3) is 0 Å². The van der Waals surface area contributed by atoms with Crippen molar-refractivity contribution in [2.24, 2.45) is 23.7 Å². The maximum Gasteiger partial charge on any atom is 4.00 e. The van der Waals surface area contributed by atoms with Crippen LogP contribution in [0.15, 0.2) is 0 Å². The molecular formula is C28H60O4Si. The van der Waals surface area contributed by atoms with Gasteiger partial charge in [0.15, 0.2) is 0 Å². The molecule has 0 saturated carbocycles. The van der Waals surface area contributed by atoms with E-state index in [1.54, 1.807) is 55.4 Å². The fourth-order valence-corrected chi connectivity index (χ4v) is 3.93. The molecule has 0 saturated heterocycles. The molecule has 0 radical (unpaired) electrons. The predicted octanol–water partition coefficient (Wildman–Crippen LogP) is 4.30. The molecule has 0 aliphatic rings. The van der Waals surface area contributed by atoms with Crippen LogP contribution in [0.4, 0.5) is 0 Å². The van der Waals surface area contributed by atoms with Crippen molar-refractivity contribution in [1.29, 1.82) is 0 Å². The standard InChI is InChI=1S/4C7H15O.Si/c4*1-6(2)5-7(3,4)8;/h4*6H,5H2,1-4H3;/q4*-1;+4. The van der Waals surface area contributed by atoms with Gasteiger partial charge >= 0.3 is 11.0 Å². The van der Waals surface area contributed by atoms with Crippen molar-refractivity contribution in [3.8, 4) is 0 Å². The fraction of sp³-hybridized carbons (Fsp3) is 1.00. The van der Waals surface area contributed by atoms with Crippen molar-refractivity contribution >= 4 is 11.0 Å². The van der Waals surface area contributed by atoms with Crippen molar-refractivity contribution in [1.82, 2.24) is 0 Å². The molecule has 0 aliphatic carbocycles. The van der Waals surface area contributed by atoms with Crippen molar-refractivity contribution in [3.05, 3.63) is 0 Å². The van der Waals surface area contributed by atoms with Crippen molar-refractivity contribution < 1.29 is 20.4 Å². The van der Waals surface area contributed by atoms with Crippen LogP contribution < -0.4 is 20.4 Å². The molecule has 200 valence electrons. The van der Waals surface area contributed by atoms with Crippen molar-refractivity contribution in [3.63, 3.8) is 0 Å². The van der Waals surface area contributed by atoms with Crippen LogP contribution >= 0.6 is 0 Å². The molecule has 0 spiro atoms. The monoisotopic (exact) mass is 488 g/mol. The summed E-state index contributed by atoms with van der Waals surface area (Å²) in [5.41, 5.74) is -2.91. The molecular weight excluding hydrogens is 428 g/mol. The number of hydrogen-bond acceptors (Lipinski definition) is 4. The normalized spacial score (nSPS) is 12.4. The van der Waals surface area contributed by atoms with Crippen LogP contribution in [-0.4, -0.2) is 33.4 Å². The molecule has 0 aromatic carbocycles. The van der Waals surface area contributed by atoms with Gasteiger partial charge in [-0.25, -0.2) is 0 Å². The molecule has 0 bridgehead atoms. The van der Waals surface area contributed by atoms with Gasteiger partial charge < -0.3 is 20.4 Å². The Morgan fingerprint density at radius 2 is 0.455 bits per heavy atom. The minimum Gasteiger partial charge on any atom is -0.850 e. The summed E-state index contributed by atoms with van der Waals surface area (Å²) in [6.07, 6.45) is 3.08. The Bertz CT molecular complexity index is 324. The van der Waals surface area contributed by atoms with Crippen LogP contribution in [0.1, 0.15) is 136 Å². The average molecular weight is 489 g/mol. The SMILES string of the molecule is CC(C)CC(C)(C)[O-].CC(C)CC(C)(C)[O-].CC(C)CC(C)(C)[O-].CC(C)CC(C)(C)[O-].[Si+4]. The van der Waals surface area contributed by atoms with E-state index in [1.807, 2.05) is 0 Å².